The number of aromatic nitrogens is 2. The van der Waals surface area contributed by atoms with Crippen molar-refractivity contribution in [2.45, 2.75) is 25.8 Å². The number of hydrogen-bond donors (Lipinski definition) is 1. The number of likely N-dealkylation sites (tertiary alicyclic amines) is 1. The Hall–Kier alpha value is -1.00. The quantitative estimate of drug-likeness (QED) is 0.753. The van der Waals surface area contributed by atoms with Gasteiger partial charge in [0.25, 0.3) is 0 Å². The van der Waals surface area contributed by atoms with Crippen LogP contribution in [0.1, 0.15) is 24.8 Å². The highest BCUT2D eigenvalue weighted by atomic mass is 15.1. The summed E-state index contributed by atoms with van der Waals surface area (Å²) in [6.07, 6.45) is 9.43. The van der Waals surface area contributed by atoms with Crippen LogP contribution in [0.3, 0.4) is 0 Å². The number of piperidine rings is 1. The molecular weight excluding hydrogens is 200 g/mol. The second kappa shape index (κ2) is 6.55. The molecule has 0 amide bonds. The summed E-state index contributed by atoms with van der Waals surface area (Å²) in [4.78, 5) is 10.5. The van der Waals surface area contributed by atoms with Crippen LogP contribution >= 0.6 is 0 Å². The van der Waals surface area contributed by atoms with Crippen molar-refractivity contribution < 1.29 is 0 Å². The Balaban J connectivity index is 1.58. The molecule has 88 valence electrons. The first kappa shape index (κ1) is 11.5. The second-order valence-electron chi connectivity index (χ2n) is 4.33. The van der Waals surface area contributed by atoms with E-state index in [9.17, 15) is 0 Å². The molecule has 1 fully saturated rings. The third kappa shape index (κ3) is 3.87. The second-order valence-corrected chi connectivity index (χ2v) is 4.33. The van der Waals surface area contributed by atoms with E-state index in [1.54, 1.807) is 6.33 Å². The minimum atomic E-state index is 0.870. The van der Waals surface area contributed by atoms with E-state index < -0.39 is 0 Å². The van der Waals surface area contributed by atoms with Gasteiger partial charge in [0, 0.05) is 37.6 Å². The molecule has 0 bridgehead atoms. The molecule has 1 saturated heterocycles. The maximum absolute atomic E-state index is 3.99. The zero-order valence-electron chi connectivity index (χ0n) is 9.73. The van der Waals surface area contributed by atoms with Crippen molar-refractivity contribution in [3.05, 3.63) is 24.3 Å². The lowest BCUT2D eigenvalue weighted by atomic mass is 10.1. The van der Waals surface area contributed by atoms with Gasteiger partial charge in [-0.05, 0) is 25.9 Å². The van der Waals surface area contributed by atoms with Crippen LogP contribution in [-0.2, 0) is 6.54 Å². The fourth-order valence-corrected chi connectivity index (χ4v) is 2.07. The Kier molecular flexibility index (Phi) is 4.70. The molecule has 0 atom stereocenters. The zero-order chi connectivity index (χ0) is 11.1. The number of rotatable bonds is 5. The van der Waals surface area contributed by atoms with Gasteiger partial charge in [-0.3, -0.25) is 0 Å². The average Bonchev–Trinajstić information content (AvgIpc) is 2.37. The molecule has 0 unspecified atom stereocenters. The molecule has 2 heterocycles. The smallest absolute Gasteiger partial charge is 0.115 e. The van der Waals surface area contributed by atoms with E-state index in [1.165, 1.54) is 32.4 Å². The molecule has 0 radical (unpaired) electrons. The van der Waals surface area contributed by atoms with Crippen molar-refractivity contribution in [2.24, 2.45) is 0 Å². The first-order chi connectivity index (χ1) is 7.95. The van der Waals surface area contributed by atoms with E-state index in [0.29, 0.717) is 0 Å². The van der Waals surface area contributed by atoms with Gasteiger partial charge in [0.05, 0.1) is 0 Å². The largest absolute Gasteiger partial charge is 0.311 e. The van der Waals surface area contributed by atoms with Gasteiger partial charge >= 0.3 is 0 Å². The lowest BCUT2D eigenvalue weighted by Gasteiger charge is -2.26. The van der Waals surface area contributed by atoms with Crippen LogP contribution in [0.25, 0.3) is 0 Å². The monoisotopic (exact) mass is 220 g/mol. The van der Waals surface area contributed by atoms with Crippen LogP contribution in [0.4, 0.5) is 0 Å². The van der Waals surface area contributed by atoms with Gasteiger partial charge in [-0.2, -0.15) is 0 Å². The molecule has 4 nitrogen and oxygen atoms in total. The minimum absolute atomic E-state index is 0.870. The fourth-order valence-electron chi connectivity index (χ4n) is 2.07. The molecule has 0 spiro atoms. The molecule has 0 aliphatic carbocycles. The average molecular weight is 220 g/mol. The van der Waals surface area contributed by atoms with Gasteiger partial charge in [-0.15, -0.1) is 0 Å². The van der Waals surface area contributed by atoms with Crippen LogP contribution in [-0.4, -0.2) is 41.0 Å². The highest BCUT2D eigenvalue weighted by Gasteiger charge is 2.08. The summed E-state index contributed by atoms with van der Waals surface area (Å²) >= 11 is 0. The lowest BCUT2D eigenvalue weighted by Crippen LogP contribution is -2.35. The molecule has 1 aromatic heterocycles. The molecule has 2 rings (SSSR count). The van der Waals surface area contributed by atoms with Crippen LogP contribution in [0.15, 0.2) is 18.7 Å². The van der Waals surface area contributed by atoms with E-state index in [4.69, 9.17) is 0 Å². The van der Waals surface area contributed by atoms with Crippen molar-refractivity contribution in [3.63, 3.8) is 0 Å². The molecular formula is C12H20N4. The molecule has 1 aromatic rings. The predicted octanol–water partition coefficient (Wildman–Crippen LogP) is 1.05. The van der Waals surface area contributed by atoms with Gasteiger partial charge < -0.3 is 10.2 Å². The molecule has 16 heavy (non-hydrogen) atoms. The summed E-state index contributed by atoms with van der Waals surface area (Å²) in [7, 11) is 0. The zero-order valence-corrected chi connectivity index (χ0v) is 9.73. The van der Waals surface area contributed by atoms with Gasteiger partial charge in [-0.25, -0.2) is 9.97 Å². The van der Waals surface area contributed by atoms with E-state index in [1.807, 2.05) is 12.4 Å². The third-order valence-corrected chi connectivity index (χ3v) is 3.00. The Bertz CT molecular complexity index is 282. The topological polar surface area (TPSA) is 41.1 Å². The first-order valence-corrected chi connectivity index (χ1v) is 6.12. The maximum atomic E-state index is 3.99. The summed E-state index contributed by atoms with van der Waals surface area (Å²) < 4.78 is 0. The van der Waals surface area contributed by atoms with Crippen molar-refractivity contribution in [1.29, 1.82) is 0 Å². The number of nitrogens with zero attached hydrogens (tertiary/aromatic N) is 3. The maximum Gasteiger partial charge on any atom is 0.115 e. The van der Waals surface area contributed by atoms with Crippen molar-refractivity contribution in [2.75, 3.05) is 26.2 Å². The van der Waals surface area contributed by atoms with Gasteiger partial charge in [0.1, 0.15) is 6.33 Å². The van der Waals surface area contributed by atoms with Crippen molar-refractivity contribution in [3.8, 4) is 0 Å². The van der Waals surface area contributed by atoms with Gasteiger partial charge in [0.2, 0.25) is 0 Å². The summed E-state index contributed by atoms with van der Waals surface area (Å²) in [5.74, 6) is 0. The first-order valence-electron chi connectivity index (χ1n) is 6.12. The summed E-state index contributed by atoms with van der Waals surface area (Å²) in [6.45, 7) is 5.63. The van der Waals surface area contributed by atoms with E-state index in [-0.39, 0.29) is 0 Å². The number of hydrogen-bond acceptors (Lipinski definition) is 4. The molecule has 0 saturated carbocycles. The summed E-state index contributed by atoms with van der Waals surface area (Å²) in [6, 6.07) is 0. The Morgan fingerprint density at radius 1 is 1.12 bits per heavy atom. The highest BCUT2D eigenvalue weighted by Crippen LogP contribution is 2.07. The van der Waals surface area contributed by atoms with Crippen LogP contribution in [0.5, 0.6) is 0 Å². The highest BCUT2D eigenvalue weighted by molar-refractivity contribution is 5.01. The molecule has 1 N–H and O–H groups in total. The Morgan fingerprint density at radius 3 is 2.62 bits per heavy atom. The predicted molar refractivity (Wildman–Crippen MR) is 64.0 cm³/mol. The van der Waals surface area contributed by atoms with Gasteiger partial charge in [-0.1, -0.05) is 6.42 Å². The van der Waals surface area contributed by atoms with Crippen molar-refractivity contribution in [1.82, 2.24) is 20.2 Å². The molecule has 1 aliphatic rings. The fraction of sp³-hybridized carbons (Fsp3) is 0.667. The standard InChI is InChI=1S/C12H20N4/c1-2-5-16(6-3-1)7-4-13-8-12-9-14-11-15-10-12/h9-11,13H,1-8H2. The molecule has 4 heteroatoms. The molecule has 0 aromatic carbocycles. The minimum Gasteiger partial charge on any atom is -0.311 e. The van der Waals surface area contributed by atoms with Crippen LogP contribution < -0.4 is 5.32 Å². The number of nitrogens with one attached hydrogen (secondary N) is 1. The van der Waals surface area contributed by atoms with Crippen molar-refractivity contribution >= 4 is 0 Å². The Morgan fingerprint density at radius 2 is 1.88 bits per heavy atom. The van der Waals surface area contributed by atoms with E-state index >= 15 is 0 Å². The molecule has 1 aliphatic heterocycles. The van der Waals surface area contributed by atoms with E-state index in [0.717, 1.165) is 25.2 Å². The van der Waals surface area contributed by atoms with Gasteiger partial charge in [0.15, 0.2) is 0 Å². The lowest BCUT2D eigenvalue weighted by molar-refractivity contribution is 0.229. The van der Waals surface area contributed by atoms with Crippen LogP contribution in [0.2, 0.25) is 0 Å². The van der Waals surface area contributed by atoms with Crippen LogP contribution in [0, 0.1) is 0 Å². The third-order valence-electron chi connectivity index (χ3n) is 3.00. The SMILES string of the molecule is c1ncc(CNCCN2CCCCC2)cn1. The summed E-state index contributed by atoms with van der Waals surface area (Å²) in [5, 5.41) is 3.43. The van der Waals surface area contributed by atoms with E-state index in [2.05, 4.69) is 20.2 Å². The normalized spacial score (nSPS) is 17.5. The Labute approximate surface area is 97.1 Å². The summed E-state index contributed by atoms with van der Waals surface area (Å²) in [5.41, 5.74) is 1.15.